The van der Waals surface area contributed by atoms with Crippen molar-refractivity contribution in [2.45, 2.75) is 32.7 Å². The molecule has 0 fully saturated rings. The number of sulfonamides is 1. The van der Waals surface area contributed by atoms with Crippen LogP contribution in [0.1, 0.15) is 32.7 Å². The summed E-state index contributed by atoms with van der Waals surface area (Å²) in [7, 11) is -3.49. The molecule has 0 unspecified atom stereocenters. The summed E-state index contributed by atoms with van der Waals surface area (Å²) >= 11 is 7.02. The highest BCUT2D eigenvalue weighted by atomic mass is 35.5. The van der Waals surface area contributed by atoms with E-state index in [0.717, 1.165) is 27.8 Å². The molecule has 2 aromatic carbocycles. The number of hydrogen-bond acceptors (Lipinski definition) is 5. The van der Waals surface area contributed by atoms with Gasteiger partial charge in [-0.2, -0.15) is 0 Å². The number of nitrogens with zero attached hydrogens (tertiary/aromatic N) is 2. The monoisotopic (exact) mass is 481 g/mol. The van der Waals surface area contributed by atoms with E-state index >= 15 is 0 Å². The third-order valence-electron chi connectivity index (χ3n) is 4.69. The standard InChI is InChI=1S/C21H24ClN3O4S2/c1-14(2)25-18-11-8-16(13-19(18)30-21(25)27)23-20(26)5-4-12-24(31(3,28)29)17-9-6-15(22)7-10-17/h6-11,13-14H,4-5,12H2,1-3H3,(H,23,26). The Morgan fingerprint density at radius 3 is 2.48 bits per heavy atom. The highest BCUT2D eigenvalue weighted by molar-refractivity contribution is 7.92. The Kier molecular flexibility index (Phi) is 7.08. The van der Waals surface area contributed by atoms with E-state index in [1.165, 1.54) is 4.31 Å². The molecule has 0 atom stereocenters. The molecular formula is C21H24ClN3O4S2. The second-order valence-corrected chi connectivity index (χ2v) is 10.8. The minimum Gasteiger partial charge on any atom is -0.326 e. The minimum atomic E-state index is -3.49. The van der Waals surface area contributed by atoms with Gasteiger partial charge in [0.05, 0.1) is 22.2 Å². The number of fused-ring (bicyclic) bond motifs is 1. The second-order valence-electron chi connectivity index (χ2n) is 7.48. The Morgan fingerprint density at radius 1 is 1.19 bits per heavy atom. The summed E-state index contributed by atoms with van der Waals surface area (Å²) in [5.41, 5.74) is 1.95. The van der Waals surface area contributed by atoms with E-state index in [0.29, 0.717) is 22.8 Å². The van der Waals surface area contributed by atoms with Crippen molar-refractivity contribution >= 4 is 60.5 Å². The molecule has 3 aromatic rings. The number of aromatic nitrogens is 1. The molecule has 1 aromatic heterocycles. The minimum absolute atomic E-state index is 0.0310. The first-order valence-corrected chi connectivity index (χ1v) is 12.8. The Balaban J connectivity index is 1.64. The van der Waals surface area contributed by atoms with E-state index in [4.69, 9.17) is 11.6 Å². The van der Waals surface area contributed by atoms with E-state index < -0.39 is 10.0 Å². The van der Waals surface area contributed by atoms with Crippen LogP contribution in [0.5, 0.6) is 0 Å². The predicted octanol–water partition coefficient (Wildman–Crippen LogP) is 4.48. The molecule has 1 heterocycles. The van der Waals surface area contributed by atoms with Crippen LogP contribution in [0.3, 0.4) is 0 Å². The van der Waals surface area contributed by atoms with Crippen LogP contribution in [0.2, 0.25) is 5.02 Å². The van der Waals surface area contributed by atoms with Gasteiger partial charge in [0.15, 0.2) is 0 Å². The zero-order valence-electron chi connectivity index (χ0n) is 17.5. The van der Waals surface area contributed by atoms with Gasteiger partial charge in [0, 0.05) is 29.7 Å². The second kappa shape index (κ2) is 9.42. The first-order valence-electron chi connectivity index (χ1n) is 9.74. The highest BCUT2D eigenvalue weighted by Crippen LogP contribution is 2.25. The first-order chi connectivity index (χ1) is 14.6. The fourth-order valence-electron chi connectivity index (χ4n) is 3.30. The Morgan fingerprint density at radius 2 is 1.87 bits per heavy atom. The molecular weight excluding hydrogens is 458 g/mol. The molecule has 0 radical (unpaired) electrons. The van der Waals surface area contributed by atoms with E-state index in [1.807, 2.05) is 19.9 Å². The third kappa shape index (κ3) is 5.66. The van der Waals surface area contributed by atoms with Gasteiger partial charge in [-0.05, 0) is 62.7 Å². The molecule has 0 aliphatic carbocycles. The number of hydrogen-bond donors (Lipinski definition) is 1. The summed E-state index contributed by atoms with van der Waals surface area (Å²) in [4.78, 5) is 24.5. The lowest BCUT2D eigenvalue weighted by Crippen LogP contribution is -2.31. The van der Waals surface area contributed by atoms with Crippen LogP contribution in [0.4, 0.5) is 11.4 Å². The summed E-state index contributed by atoms with van der Waals surface area (Å²) in [6.45, 7) is 4.08. The van der Waals surface area contributed by atoms with Crippen molar-refractivity contribution in [2.75, 3.05) is 22.4 Å². The molecule has 0 saturated carbocycles. The molecule has 7 nitrogen and oxygen atoms in total. The van der Waals surface area contributed by atoms with Crippen LogP contribution in [0, 0.1) is 0 Å². The van der Waals surface area contributed by atoms with Crippen molar-refractivity contribution in [1.82, 2.24) is 4.57 Å². The highest BCUT2D eigenvalue weighted by Gasteiger charge is 2.18. The summed E-state index contributed by atoms with van der Waals surface area (Å²) in [6.07, 6.45) is 1.63. The molecule has 1 amide bonds. The van der Waals surface area contributed by atoms with Crippen molar-refractivity contribution in [3.63, 3.8) is 0 Å². The number of benzene rings is 2. The van der Waals surface area contributed by atoms with E-state index in [1.54, 1.807) is 41.0 Å². The van der Waals surface area contributed by atoms with E-state index in [-0.39, 0.29) is 29.8 Å². The van der Waals surface area contributed by atoms with Gasteiger partial charge in [-0.1, -0.05) is 22.9 Å². The van der Waals surface area contributed by atoms with E-state index in [2.05, 4.69) is 5.32 Å². The number of amides is 1. The SMILES string of the molecule is CC(C)n1c(=O)sc2cc(NC(=O)CCCN(c3ccc(Cl)cc3)S(C)(=O)=O)ccc21. The fourth-order valence-corrected chi connectivity index (χ4v) is 5.45. The maximum absolute atomic E-state index is 12.4. The predicted molar refractivity (Wildman–Crippen MR) is 128 cm³/mol. The molecule has 10 heteroatoms. The summed E-state index contributed by atoms with van der Waals surface area (Å²) in [6, 6.07) is 11.9. The van der Waals surface area contributed by atoms with Crippen molar-refractivity contribution < 1.29 is 13.2 Å². The molecule has 166 valence electrons. The summed E-state index contributed by atoms with van der Waals surface area (Å²) in [5.74, 6) is -0.223. The molecule has 31 heavy (non-hydrogen) atoms. The normalized spacial score (nSPS) is 11.8. The first kappa shape index (κ1) is 23.3. The maximum Gasteiger partial charge on any atom is 0.308 e. The van der Waals surface area contributed by atoms with Crippen LogP contribution in [0.15, 0.2) is 47.3 Å². The van der Waals surface area contributed by atoms with Crippen molar-refractivity contribution in [1.29, 1.82) is 0 Å². The number of nitrogens with one attached hydrogen (secondary N) is 1. The number of rotatable bonds is 8. The van der Waals surface area contributed by atoms with Crippen LogP contribution < -0.4 is 14.5 Å². The quantitative estimate of drug-likeness (QED) is 0.513. The van der Waals surface area contributed by atoms with Gasteiger partial charge < -0.3 is 5.32 Å². The number of halogens is 1. The molecule has 0 saturated heterocycles. The van der Waals surface area contributed by atoms with Gasteiger partial charge in [-0.25, -0.2) is 8.42 Å². The molecule has 0 bridgehead atoms. The number of thiazole rings is 1. The Bertz CT molecular complexity index is 1250. The number of carbonyl (C=O) groups is 1. The van der Waals surface area contributed by atoms with Gasteiger partial charge in [-0.15, -0.1) is 0 Å². The van der Waals surface area contributed by atoms with Crippen LogP contribution in [-0.2, 0) is 14.8 Å². The molecule has 0 aliphatic heterocycles. The van der Waals surface area contributed by atoms with Gasteiger partial charge in [0.2, 0.25) is 15.9 Å². The third-order valence-corrected chi connectivity index (χ3v) is 7.06. The van der Waals surface area contributed by atoms with Crippen LogP contribution in [-0.4, -0.2) is 31.7 Å². The maximum atomic E-state index is 12.4. The number of anilines is 2. The average molecular weight is 482 g/mol. The van der Waals surface area contributed by atoms with Gasteiger partial charge in [-0.3, -0.25) is 18.5 Å². The number of carbonyl (C=O) groups excluding carboxylic acids is 1. The van der Waals surface area contributed by atoms with Crippen molar-refractivity contribution in [3.8, 4) is 0 Å². The average Bonchev–Trinajstić information content (AvgIpc) is 3.00. The Hall–Kier alpha value is -2.36. The molecule has 0 aliphatic rings. The fraction of sp³-hybridized carbons (Fsp3) is 0.333. The van der Waals surface area contributed by atoms with Crippen molar-refractivity contribution in [3.05, 3.63) is 57.2 Å². The zero-order chi connectivity index (χ0) is 22.8. The molecule has 0 spiro atoms. The lowest BCUT2D eigenvalue weighted by atomic mass is 10.2. The summed E-state index contributed by atoms with van der Waals surface area (Å²) in [5, 5.41) is 3.34. The summed E-state index contributed by atoms with van der Waals surface area (Å²) < 4.78 is 28.1. The smallest absolute Gasteiger partial charge is 0.308 e. The van der Waals surface area contributed by atoms with Gasteiger partial charge in [0.1, 0.15) is 0 Å². The lowest BCUT2D eigenvalue weighted by Gasteiger charge is -2.22. The van der Waals surface area contributed by atoms with Crippen LogP contribution >= 0.6 is 22.9 Å². The zero-order valence-corrected chi connectivity index (χ0v) is 19.9. The molecule has 1 N–H and O–H groups in total. The topological polar surface area (TPSA) is 88.5 Å². The van der Waals surface area contributed by atoms with Crippen LogP contribution in [0.25, 0.3) is 10.2 Å². The molecule has 3 rings (SSSR count). The van der Waals surface area contributed by atoms with Gasteiger partial charge >= 0.3 is 4.87 Å². The van der Waals surface area contributed by atoms with Crippen molar-refractivity contribution in [2.24, 2.45) is 0 Å². The van der Waals surface area contributed by atoms with E-state index in [9.17, 15) is 18.0 Å². The van der Waals surface area contributed by atoms with Gasteiger partial charge in [0.25, 0.3) is 0 Å². The lowest BCUT2D eigenvalue weighted by molar-refractivity contribution is -0.116. The largest absolute Gasteiger partial charge is 0.326 e. The Labute approximate surface area is 190 Å².